The molecule has 0 radical (unpaired) electrons. The quantitative estimate of drug-likeness (QED) is 0.396. The van der Waals surface area contributed by atoms with Crippen LogP contribution in [0.1, 0.15) is 27.4 Å². The number of nitrogens with one attached hydrogen (secondary N) is 2. The number of H-pyrrole nitrogens is 1. The second kappa shape index (κ2) is 8.07. The van der Waals surface area contributed by atoms with Crippen molar-refractivity contribution in [2.45, 2.75) is 12.3 Å². The van der Waals surface area contributed by atoms with Crippen molar-refractivity contribution in [3.8, 4) is 0 Å². The lowest BCUT2D eigenvalue weighted by Crippen LogP contribution is -2.26. The predicted octanol–water partition coefficient (Wildman–Crippen LogP) is 5.20. The van der Waals surface area contributed by atoms with Crippen LogP contribution in [0.4, 0.5) is 17.6 Å². The minimum Gasteiger partial charge on any atom is -0.361 e. The molecule has 0 bridgehead atoms. The third kappa shape index (κ3) is 4.13. The van der Waals surface area contributed by atoms with Gasteiger partial charge in [0.1, 0.15) is 11.6 Å². The minimum absolute atomic E-state index is 0.190. The molecular formula is C21H14ClF4N3O2. The van der Waals surface area contributed by atoms with E-state index in [9.17, 15) is 22.4 Å². The molecule has 0 saturated carbocycles. The molecule has 160 valence electrons. The van der Waals surface area contributed by atoms with Crippen LogP contribution in [-0.4, -0.2) is 22.6 Å². The molecule has 0 unspecified atom stereocenters. The lowest BCUT2D eigenvalue weighted by atomic mass is 10.0. The maximum absolute atomic E-state index is 14.5. The van der Waals surface area contributed by atoms with Crippen molar-refractivity contribution in [2.75, 3.05) is 6.54 Å². The van der Waals surface area contributed by atoms with Crippen LogP contribution in [0, 0.1) is 11.6 Å². The van der Waals surface area contributed by atoms with Crippen molar-refractivity contribution in [1.82, 2.24) is 15.5 Å². The summed E-state index contributed by atoms with van der Waals surface area (Å²) in [5, 5.41) is 7.36. The molecule has 31 heavy (non-hydrogen) atoms. The molecule has 4 aromatic rings. The van der Waals surface area contributed by atoms with E-state index in [4.69, 9.17) is 11.6 Å². The maximum atomic E-state index is 14.5. The van der Waals surface area contributed by atoms with Gasteiger partial charge in [-0.2, -0.15) is 8.78 Å². The zero-order valence-corrected chi connectivity index (χ0v) is 16.4. The number of alkyl halides is 2. The van der Waals surface area contributed by atoms with Gasteiger partial charge in [0.2, 0.25) is 5.76 Å². The van der Waals surface area contributed by atoms with Crippen molar-refractivity contribution < 1.29 is 26.9 Å². The van der Waals surface area contributed by atoms with Crippen molar-refractivity contribution >= 4 is 28.4 Å². The number of rotatable bonds is 6. The van der Waals surface area contributed by atoms with E-state index in [0.717, 1.165) is 22.5 Å². The van der Waals surface area contributed by atoms with Crippen LogP contribution in [0.2, 0.25) is 5.02 Å². The molecule has 4 rings (SSSR count). The summed E-state index contributed by atoms with van der Waals surface area (Å²) in [6.07, 6.45) is 2.23. The van der Waals surface area contributed by atoms with E-state index in [1.54, 1.807) is 18.3 Å². The first kappa shape index (κ1) is 20.9. The average Bonchev–Trinajstić information content (AvgIpc) is 3.38. The highest BCUT2D eigenvalue weighted by Crippen LogP contribution is 2.37. The fraction of sp³-hybridized carbons (Fsp3) is 0.143. The Morgan fingerprint density at radius 1 is 1.16 bits per heavy atom. The Labute approximate surface area is 178 Å². The van der Waals surface area contributed by atoms with E-state index in [0.29, 0.717) is 29.6 Å². The van der Waals surface area contributed by atoms with E-state index in [1.807, 2.05) is 6.07 Å². The monoisotopic (exact) mass is 451 g/mol. The largest absolute Gasteiger partial charge is 0.361 e. The van der Waals surface area contributed by atoms with Gasteiger partial charge in [0, 0.05) is 34.7 Å². The standard InChI is InChI=1S/C21H14ClF4N3O2/c22-12-1-4-17-14(7-12)11(10-28-17)5-6-27-20(30)18-9-19(31-29-18)21(25,26)15-8-13(23)2-3-16(15)24/h1-4,7-10,28H,5-6H2,(H,27,30). The number of hydrogen-bond donors (Lipinski definition) is 2. The van der Waals surface area contributed by atoms with Crippen LogP contribution >= 0.6 is 11.6 Å². The summed E-state index contributed by atoms with van der Waals surface area (Å²) in [6, 6.07) is 7.74. The molecule has 2 aromatic heterocycles. The molecule has 0 atom stereocenters. The summed E-state index contributed by atoms with van der Waals surface area (Å²) in [5.74, 6) is -8.18. The zero-order chi connectivity index (χ0) is 22.2. The smallest absolute Gasteiger partial charge is 0.335 e. The van der Waals surface area contributed by atoms with Crippen LogP contribution in [0.15, 0.2) is 53.2 Å². The Morgan fingerprint density at radius 3 is 2.77 bits per heavy atom. The first-order valence-electron chi connectivity index (χ1n) is 9.10. The zero-order valence-electron chi connectivity index (χ0n) is 15.7. The van der Waals surface area contributed by atoms with Crippen LogP contribution in [0.3, 0.4) is 0 Å². The van der Waals surface area contributed by atoms with Gasteiger partial charge in [0.05, 0.1) is 5.56 Å². The van der Waals surface area contributed by atoms with Gasteiger partial charge in [-0.1, -0.05) is 16.8 Å². The number of carbonyl (C=O) groups excluding carboxylic acids is 1. The summed E-state index contributed by atoms with van der Waals surface area (Å²) in [7, 11) is 0. The number of amides is 1. The second-order valence-electron chi connectivity index (χ2n) is 6.78. The summed E-state index contributed by atoms with van der Waals surface area (Å²) in [4.78, 5) is 15.3. The lowest BCUT2D eigenvalue weighted by Gasteiger charge is -2.13. The van der Waals surface area contributed by atoms with Gasteiger partial charge >= 0.3 is 5.92 Å². The van der Waals surface area contributed by atoms with Crippen LogP contribution in [0.5, 0.6) is 0 Å². The molecule has 10 heteroatoms. The number of aromatic amines is 1. The third-order valence-corrected chi connectivity index (χ3v) is 4.96. The molecule has 2 aromatic carbocycles. The van der Waals surface area contributed by atoms with Gasteiger partial charge in [-0.05, 0) is 48.4 Å². The van der Waals surface area contributed by atoms with E-state index in [1.165, 1.54) is 0 Å². The Hall–Kier alpha value is -3.33. The molecule has 1 amide bonds. The first-order valence-corrected chi connectivity index (χ1v) is 9.48. The van der Waals surface area contributed by atoms with Crippen molar-refractivity contribution in [3.05, 3.63) is 87.9 Å². The number of nitrogens with zero attached hydrogens (tertiary/aromatic N) is 1. The lowest BCUT2D eigenvalue weighted by molar-refractivity contribution is 0.00931. The molecular weight excluding hydrogens is 438 g/mol. The molecule has 5 nitrogen and oxygen atoms in total. The fourth-order valence-corrected chi connectivity index (χ4v) is 3.33. The molecule has 2 N–H and O–H groups in total. The van der Waals surface area contributed by atoms with Gasteiger partial charge < -0.3 is 14.8 Å². The molecule has 0 saturated heterocycles. The van der Waals surface area contributed by atoms with E-state index in [-0.39, 0.29) is 6.54 Å². The van der Waals surface area contributed by atoms with E-state index < -0.39 is 40.5 Å². The molecule has 0 aliphatic carbocycles. The maximum Gasteiger partial charge on any atom is 0.335 e. The summed E-state index contributed by atoms with van der Waals surface area (Å²) >= 11 is 6.01. The Balaban J connectivity index is 1.44. The van der Waals surface area contributed by atoms with Crippen LogP contribution < -0.4 is 5.32 Å². The van der Waals surface area contributed by atoms with Crippen molar-refractivity contribution in [3.63, 3.8) is 0 Å². The average molecular weight is 452 g/mol. The Kier molecular flexibility index (Phi) is 5.45. The number of fused-ring (bicyclic) bond motifs is 1. The summed E-state index contributed by atoms with van der Waals surface area (Å²) in [6.45, 7) is 0.190. The topological polar surface area (TPSA) is 70.9 Å². The normalized spacial score (nSPS) is 11.8. The Morgan fingerprint density at radius 2 is 1.97 bits per heavy atom. The van der Waals surface area contributed by atoms with Gasteiger partial charge in [0.15, 0.2) is 5.69 Å². The fourth-order valence-electron chi connectivity index (χ4n) is 3.16. The highest BCUT2D eigenvalue weighted by atomic mass is 35.5. The van der Waals surface area contributed by atoms with Gasteiger partial charge in [-0.25, -0.2) is 8.78 Å². The summed E-state index contributed by atoms with van der Waals surface area (Å²) in [5.41, 5.74) is 0.174. The third-order valence-electron chi connectivity index (χ3n) is 4.73. The highest BCUT2D eigenvalue weighted by molar-refractivity contribution is 6.31. The van der Waals surface area contributed by atoms with Crippen molar-refractivity contribution in [1.29, 1.82) is 0 Å². The minimum atomic E-state index is -4.01. The van der Waals surface area contributed by atoms with Crippen molar-refractivity contribution in [2.24, 2.45) is 0 Å². The number of hydrogen-bond acceptors (Lipinski definition) is 3. The highest BCUT2D eigenvalue weighted by Gasteiger charge is 2.42. The Bertz CT molecular complexity index is 1270. The van der Waals surface area contributed by atoms with Gasteiger partial charge in [-0.15, -0.1) is 0 Å². The van der Waals surface area contributed by atoms with Crippen LogP contribution in [-0.2, 0) is 12.3 Å². The van der Waals surface area contributed by atoms with E-state index in [2.05, 4.69) is 20.0 Å². The van der Waals surface area contributed by atoms with E-state index >= 15 is 0 Å². The van der Waals surface area contributed by atoms with Crippen LogP contribution in [0.25, 0.3) is 10.9 Å². The SMILES string of the molecule is O=C(NCCc1c[nH]c2ccc(Cl)cc12)c1cc(C(F)(F)c2cc(F)ccc2F)on1. The molecule has 0 fully saturated rings. The summed E-state index contributed by atoms with van der Waals surface area (Å²) < 4.78 is 60.7. The number of halogens is 5. The number of carbonyl (C=O) groups is 1. The molecule has 0 spiro atoms. The molecule has 2 heterocycles. The predicted molar refractivity (Wildman–Crippen MR) is 105 cm³/mol. The molecule has 0 aliphatic heterocycles. The molecule has 0 aliphatic rings. The van der Waals surface area contributed by atoms with Gasteiger partial charge in [-0.3, -0.25) is 4.79 Å². The number of benzene rings is 2. The second-order valence-corrected chi connectivity index (χ2v) is 7.22. The first-order chi connectivity index (χ1) is 14.8. The van der Waals surface area contributed by atoms with Gasteiger partial charge in [0.25, 0.3) is 5.91 Å². The number of aromatic nitrogens is 2.